The molecule has 0 aliphatic carbocycles. The number of hydrogen-bond acceptors (Lipinski definition) is 6. The Balaban J connectivity index is 1.82. The second kappa shape index (κ2) is 12.0. The average molecular weight is 536 g/mol. The van der Waals surface area contributed by atoms with E-state index in [-0.39, 0.29) is 16.5 Å². The molecule has 35 heavy (non-hydrogen) atoms. The van der Waals surface area contributed by atoms with E-state index in [1.165, 1.54) is 38.6 Å². The number of hydrogen-bond donors (Lipinski definition) is 1. The summed E-state index contributed by atoms with van der Waals surface area (Å²) in [5.41, 5.74) is 3.41. The summed E-state index contributed by atoms with van der Waals surface area (Å²) in [4.78, 5) is 12.7. The largest absolute Gasteiger partial charge is 0.497 e. The fourth-order valence-corrected chi connectivity index (χ4v) is 4.98. The molecule has 0 saturated heterocycles. The number of sulfonamides is 1. The summed E-state index contributed by atoms with van der Waals surface area (Å²) in [6, 6.07) is 17.7. The number of methoxy groups -OCH3 is 2. The summed E-state index contributed by atoms with van der Waals surface area (Å²) in [7, 11) is -0.993. The van der Waals surface area contributed by atoms with Crippen molar-refractivity contribution in [3.8, 4) is 11.5 Å². The van der Waals surface area contributed by atoms with Crippen molar-refractivity contribution in [2.45, 2.75) is 11.4 Å². The lowest BCUT2D eigenvalue weighted by atomic mass is 10.2. The van der Waals surface area contributed by atoms with E-state index in [0.29, 0.717) is 27.6 Å². The average Bonchev–Trinajstić information content (AvgIpc) is 2.85. The highest BCUT2D eigenvalue weighted by atomic mass is 35.5. The maximum atomic E-state index is 13.3. The van der Waals surface area contributed by atoms with Crippen molar-refractivity contribution >= 4 is 45.3 Å². The van der Waals surface area contributed by atoms with E-state index < -0.39 is 22.5 Å². The third-order valence-corrected chi connectivity index (χ3v) is 7.29. The number of amides is 1. The van der Waals surface area contributed by atoms with Crippen LogP contribution in [0.2, 0.25) is 10.0 Å². The molecule has 11 heteroatoms. The van der Waals surface area contributed by atoms with Gasteiger partial charge in [0.15, 0.2) is 0 Å². The summed E-state index contributed by atoms with van der Waals surface area (Å²) in [6.07, 6.45) is 1.38. The molecule has 0 aromatic heterocycles. The lowest BCUT2D eigenvalue weighted by Crippen LogP contribution is -2.39. The Labute approximate surface area is 214 Å². The van der Waals surface area contributed by atoms with Gasteiger partial charge in [-0.25, -0.2) is 13.8 Å². The van der Waals surface area contributed by atoms with E-state index in [9.17, 15) is 13.2 Å². The Morgan fingerprint density at radius 3 is 2.43 bits per heavy atom. The molecule has 0 aliphatic heterocycles. The highest BCUT2D eigenvalue weighted by Gasteiger charge is 2.27. The van der Waals surface area contributed by atoms with Crippen molar-refractivity contribution in [3.05, 3.63) is 87.9 Å². The molecule has 1 amide bonds. The van der Waals surface area contributed by atoms with Crippen molar-refractivity contribution in [1.29, 1.82) is 0 Å². The zero-order chi connectivity index (χ0) is 25.4. The quantitative estimate of drug-likeness (QED) is 0.307. The van der Waals surface area contributed by atoms with Crippen LogP contribution in [0.1, 0.15) is 11.1 Å². The third kappa shape index (κ3) is 6.95. The van der Waals surface area contributed by atoms with E-state index in [0.717, 1.165) is 4.31 Å². The number of rotatable bonds is 10. The Morgan fingerprint density at radius 1 is 1.03 bits per heavy atom. The van der Waals surface area contributed by atoms with Crippen LogP contribution in [0, 0.1) is 0 Å². The number of carbonyl (C=O) groups is 1. The minimum absolute atomic E-state index is 0.0440. The Kier molecular flexibility index (Phi) is 9.11. The molecule has 0 fully saturated rings. The molecule has 0 spiro atoms. The highest BCUT2D eigenvalue weighted by Crippen LogP contribution is 2.25. The second-order valence-electron chi connectivity index (χ2n) is 7.22. The fourth-order valence-electron chi connectivity index (χ4n) is 3.12. The van der Waals surface area contributed by atoms with Crippen LogP contribution in [-0.4, -0.2) is 45.6 Å². The number of ether oxygens (including phenoxy) is 2. The fraction of sp³-hybridized carbons (Fsp3) is 0.167. The second-order valence-corrected chi connectivity index (χ2v) is 10.0. The van der Waals surface area contributed by atoms with Gasteiger partial charge in [0.2, 0.25) is 10.0 Å². The number of carbonyl (C=O) groups excluding carboxylic acids is 1. The smallest absolute Gasteiger partial charge is 0.255 e. The minimum Gasteiger partial charge on any atom is -0.497 e. The van der Waals surface area contributed by atoms with Gasteiger partial charge >= 0.3 is 0 Å². The van der Waals surface area contributed by atoms with Gasteiger partial charge < -0.3 is 9.47 Å². The number of nitrogens with zero attached hydrogens (tertiary/aromatic N) is 2. The molecular weight excluding hydrogens is 513 g/mol. The number of hydrazone groups is 1. The molecule has 0 radical (unpaired) electrons. The van der Waals surface area contributed by atoms with Crippen LogP contribution in [0.5, 0.6) is 11.5 Å². The predicted molar refractivity (Wildman–Crippen MR) is 136 cm³/mol. The van der Waals surface area contributed by atoms with Gasteiger partial charge in [0.25, 0.3) is 5.91 Å². The topological polar surface area (TPSA) is 97.3 Å². The number of benzene rings is 3. The lowest BCUT2D eigenvalue weighted by Gasteiger charge is -2.22. The Bertz CT molecular complexity index is 1320. The van der Waals surface area contributed by atoms with Crippen molar-refractivity contribution in [3.63, 3.8) is 0 Å². The molecule has 3 rings (SSSR count). The zero-order valence-corrected chi connectivity index (χ0v) is 21.3. The van der Waals surface area contributed by atoms with Gasteiger partial charge in [-0.1, -0.05) is 47.5 Å². The maximum Gasteiger partial charge on any atom is 0.255 e. The first-order valence-electron chi connectivity index (χ1n) is 10.3. The molecule has 8 nitrogen and oxygen atoms in total. The molecular formula is C24H23Cl2N3O5S. The van der Waals surface area contributed by atoms with Crippen molar-refractivity contribution < 1.29 is 22.7 Å². The first-order valence-corrected chi connectivity index (χ1v) is 12.5. The van der Waals surface area contributed by atoms with Crippen LogP contribution < -0.4 is 14.9 Å². The standard InChI is InChI=1S/C24H23Cl2N3O5S/c1-33-20-10-11-23(34-2)18(12-20)14-27-28-24(30)16-29(15-17-8-9-19(25)13-22(17)26)35(31,32)21-6-4-3-5-7-21/h3-14H,15-16H2,1-2H3,(H,28,30)/b27-14-. The monoisotopic (exact) mass is 535 g/mol. The molecule has 0 unspecified atom stereocenters. The molecule has 184 valence electrons. The van der Waals surface area contributed by atoms with E-state index in [1.807, 2.05) is 0 Å². The van der Waals surface area contributed by atoms with E-state index in [4.69, 9.17) is 32.7 Å². The SMILES string of the molecule is COc1ccc(OC)c(/C=N\NC(=O)CN(Cc2ccc(Cl)cc2Cl)S(=O)(=O)c2ccccc2)c1. The molecule has 0 saturated carbocycles. The summed E-state index contributed by atoms with van der Waals surface area (Å²) in [6.45, 7) is -0.642. The summed E-state index contributed by atoms with van der Waals surface area (Å²) in [5.74, 6) is 0.459. The summed E-state index contributed by atoms with van der Waals surface area (Å²) < 4.78 is 38.1. The highest BCUT2D eigenvalue weighted by molar-refractivity contribution is 7.89. The Hall–Kier alpha value is -3.11. The molecule has 3 aromatic rings. The zero-order valence-electron chi connectivity index (χ0n) is 18.9. The van der Waals surface area contributed by atoms with Gasteiger partial charge in [-0.05, 0) is 48.0 Å². The van der Waals surface area contributed by atoms with Crippen LogP contribution in [0.4, 0.5) is 0 Å². The van der Waals surface area contributed by atoms with Crippen LogP contribution in [0.3, 0.4) is 0 Å². The van der Waals surface area contributed by atoms with Crippen LogP contribution in [-0.2, 0) is 21.4 Å². The first kappa shape index (κ1) is 26.5. The van der Waals surface area contributed by atoms with Crippen LogP contribution in [0.25, 0.3) is 0 Å². The van der Waals surface area contributed by atoms with E-state index in [1.54, 1.807) is 48.5 Å². The van der Waals surface area contributed by atoms with Crippen molar-refractivity contribution in [2.24, 2.45) is 5.10 Å². The minimum atomic E-state index is -4.03. The van der Waals surface area contributed by atoms with Gasteiger partial charge in [0.1, 0.15) is 11.5 Å². The summed E-state index contributed by atoms with van der Waals surface area (Å²) in [5, 5.41) is 4.64. The number of halogens is 2. The van der Waals surface area contributed by atoms with Gasteiger partial charge in [-0.15, -0.1) is 0 Å². The number of nitrogens with one attached hydrogen (secondary N) is 1. The first-order chi connectivity index (χ1) is 16.7. The van der Waals surface area contributed by atoms with Crippen LogP contribution in [0.15, 0.2) is 76.7 Å². The van der Waals surface area contributed by atoms with Crippen molar-refractivity contribution in [1.82, 2.24) is 9.73 Å². The van der Waals surface area contributed by atoms with E-state index in [2.05, 4.69) is 10.5 Å². The lowest BCUT2D eigenvalue weighted by molar-refractivity contribution is -0.121. The molecule has 0 atom stereocenters. The molecule has 3 aromatic carbocycles. The molecule has 0 heterocycles. The summed E-state index contributed by atoms with van der Waals surface area (Å²) >= 11 is 12.2. The predicted octanol–water partition coefficient (Wildman–Crippen LogP) is 4.35. The Morgan fingerprint density at radius 2 is 1.77 bits per heavy atom. The van der Waals surface area contributed by atoms with Gasteiger partial charge in [0, 0.05) is 22.2 Å². The molecule has 0 aliphatic rings. The van der Waals surface area contributed by atoms with Gasteiger partial charge in [-0.3, -0.25) is 4.79 Å². The molecule has 1 N–H and O–H groups in total. The molecule has 0 bridgehead atoms. The maximum absolute atomic E-state index is 13.3. The van der Waals surface area contributed by atoms with E-state index >= 15 is 0 Å². The van der Waals surface area contributed by atoms with Gasteiger partial charge in [-0.2, -0.15) is 9.41 Å². The third-order valence-electron chi connectivity index (χ3n) is 4.89. The van der Waals surface area contributed by atoms with Crippen molar-refractivity contribution in [2.75, 3.05) is 20.8 Å². The van der Waals surface area contributed by atoms with Crippen LogP contribution >= 0.6 is 23.2 Å². The normalized spacial score (nSPS) is 11.6. The van der Waals surface area contributed by atoms with Gasteiger partial charge in [0.05, 0.1) is 31.9 Å².